The molecule has 0 aromatic heterocycles. The van der Waals surface area contributed by atoms with Gasteiger partial charge in [-0.25, -0.2) is 4.79 Å². The normalized spacial score (nSPS) is 19.9. The van der Waals surface area contributed by atoms with Crippen molar-refractivity contribution in [2.24, 2.45) is 0 Å². The maximum atomic E-state index is 12.2. The third-order valence-electron chi connectivity index (χ3n) is 4.16. The predicted molar refractivity (Wildman–Crippen MR) is 99.7 cm³/mol. The van der Waals surface area contributed by atoms with E-state index in [1.54, 1.807) is 18.2 Å². The first-order chi connectivity index (χ1) is 12.5. The van der Waals surface area contributed by atoms with E-state index in [1.165, 1.54) is 4.90 Å². The van der Waals surface area contributed by atoms with Crippen LogP contribution in [0.5, 0.6) is 5.75 Å². The summed E-state index contributed by atoms with van der Waals surface area (Å²) in [6, 6.07) is 14.4. The van der Waals surface area contributed by atoms with E-state index in [4.69, 9.17) is 32.7 Å². The summed E-state index contributed by atoms with van der Waals surface area (Å²) in [5.74, 6) is 0.531. The van der Waals surface area contributed by atoms with Crippen molar-refractivity contribution in [1.29, 1.82) is 0 Å². The van der Waals surface area contributed by atoms with Crippen molar-refractivity contribution in [3.63, 3.8) is 0 Å². The standard InChI is InChI=1S/C19H19Cl2NO4/c20-15-7-6-14(10-16(15)21)26-18-8-9-22(11-17(18)23)19(24)25-12-13-4-2-1-3-5-13/h1-7,10,17-18,23H,8-9,11-12H2/t17-,18-/m0/s1. The van der Waals surface area contributed by atoms with Crippen molar-refractivity contribution >= 4 is 29.3 Å². The molecule has 0 bridgehead atoms. The Morgan fingerprint density at radius 2 is 1.92 bits per heavy atom. The minimum atomic E-state index is -0.817. The molecule has 5 nitrogen and oxygen atoms in total. The second-order valence-corrected chi connectivity index (χ2v) is 6.89. The van der Waals surface area contributed by atoms with Crippen LogP contribution in [-0.4, -0.2) is 41.4 Å². The summed E-state index contributed by atoms with van der Waals surface area (Å²) in [4.78, 5) is 13.7. The summed E-state index contributed by atoms with van der Waals surface area (Å²) in [6.45, 7) is 0.797. The number of halogens is 2. The van der Waals surface area contributed by atoms with Gasteiger partial charge < -0.3 is 19.5 Å². The van der Waals surface area contributed by atoms with E-state index in [0.29, 0.717) is 28.8 Å². The number of piperidine rings is 1. The molecule has 1 aliphatic rings. The number of likely N-dealkylation sites (tertiary alicyclic amines) is 1. The van der Waals surface area contributed by atoms with Crippen LogP contribution < -0.4 is 4.74 Å². The Labute approximate surface area is 162 Å². The molecule has 0 saturated carbocycles. The number of benzene rings is 2. The van der Waals surface area contributed by atoms with Crippen molar-refractivity contribution in [2.45, 2.75) is 25.2 Å². The number of ether oxygens (including phenoxy) is 2. The van der Waals surface area contributed by atoms with Crippen LogP contribution in [0.25, 0.3) is 0 Å². The molecule has 0 spiro atoms. The van der Waals surface area contributed by atoms with Crippen LogP contribution >= 0.6 is 23.2 Å². The number of amides is 1. The smallest absolute Gasteiger partial charge is 0.410 e. The van der Waals surface area contributed by atoms with E-state index in [-0.39, 0.29) is 13.2 Å². The van der Waals surface area contributed by atoms with E-state index in [0.717, 1.165) is 5.56 Å². The molecule has 1 heterocycles. The Kier molecular flexibility index (Phi) is 6.25. The SMILES string of the molecule is O=C(OCc1ccccc1)N1CC[C@H](Oc2ccc(Cl)c(Cl)c2)[C@@H](O)C1. The van der Waals surface area contributed by atoms with Crippen LogP contribution in [0.3, 0.4) is 0 Å². The van der Waals surface area contributed by atoms with Crippen LogP contribution in [0.4, 0.5) is 4.79 Å². The molecule has 26 heavy (non-hydrogen) atoms. The van der Waals surface area contributed by atoms with Crippen LogP contribution in [0.2, 0.25) is 10.0 Å². The first-order valence-corrected chi connectivity index (χ1v) is 9.04. The van der Waals surface area contributed by atoms with E-state index in [1.807, 2.05) is 30.3 Å². The number of nitrogens with zero attached hydrogens (tertiary/aromatic N) is 1. The van der Waals surface area contributed by atoms with Gasteiger partial charge in [-0.05, 0) is 17.7 Å². The van der Waals surface area contributed by atoms with Gasteiger partial charge in [-0.2, -0.15) is 0 Å². The Bertz CT molecular complexity index is 756. The molecule has 138 valence electrons. The molecule has 0 aliphatic carbocycles. The summed E-state index contributed by atoms with van der Waals surface area (Å²) in [5, 5.41) is 11.2. The monoisotopic (exact) mass is 395 g/mol. The zero-order valence-electron chi connectivity index (χ0n) is 14.0. The Morgan fingerprint density at radius 3 is 2.62 bits per heavy atom. The number of β-amino-alcohol motifs (C(OH)–C–C–N with tert-alkyl or cyclic N) is 1. The number of rotatable bonds is 4. The quantitative estimate of drug-likeness (QED) is 0.844. The second-order valence-electron chi connectivity index (χ2n) is 6.07. The lowest BCUT2D eigenvalue weighted by Crippen LogP contribution is -2.51. The highest BCUT2D eigenvalue weighted by Crippen LogP contribution is 2.28. The lowest BCUT2D eigenvalue weighted by molar-refractivity contribution is -0.0252. The molecule has 1 saturated heterocycles. The van der Waals surface area contributed by atoms with Gasteiger partial charge in [-0.15, -0.1) is 0 Å². The molecular formula is C19H19Cl2NO4. The third-order valence-corrected chi connectivity index (χ3v) is 4.90. The molecule has 2 aromatic carbocycles. The van der Waals surface area contributed by atoms with Crippen molar-refractivity contribution < 1.29 is 19.4 Å². The summed E-state index contributed by atoms with van der Waals surface area (Å²) in [6.07, 6.45) is -1.20. The van der Waals surface area contributed by atoms with Gasteiger partial charge in [0.15, 0.2) is 0 Å². The van der Waals surface area contributed by atoms with E-state index in [9.17, 15) is 9.90 Å². The number of carbonyl (C=O) groups excluding carboxylic acids is 1. The zero-order chi connectivity index (χ0) is 18.5. The van der Waals surface area contributed by atoms with Crippen molar-refractivity contribution in [2.75, 3.05) is 13.1 Å². The summed E-state index contributed by atoms with van der Waals surface area (Å²) in [5.41, 5.74) is 0.916. The van der Waals surface area contributed by atoms with Gasteiger partial charge in [0, 0.05) is 19.0 Å². The van der Waals surface area contributed by atoms with E-state index >= 15 is 0 Å². The Hall–Kier alpha value is -1.95. The van der Waals surface area contributed by atoms with Crippen LogP contribution in [0.1, 0.15) is 12.0 Å². The maximum absolute atomic E-state index is 12.2. The number of carbonyl (C=O) groups is 1. The lowest BCUT2D eigenvalue weighted by atomic mass is 10.1. The molecule has 1 amide bonds. The van der Waals surface area contributed by atoms with Crippen LogP contribution in [0.15, 0.2) is 48.5 Å². The Morgan fingerprint density at radius 1 is 1.15 bits per heavy atom. The fraction of sp³-hybridized carbons (Fsp3) is 0.316. The number of hydrogen-bond acceptors (Lipinski definition) is 4. The molecular weight excluding hydrogens is 377 g/mol. The predicted octanol–water partition coefficient (Wildman–Crippen LogP) is 4.14. The fourth-order valence-electron chi connectivity index (χ4n) is 2.75. The highest BCUT2D eigenvalue weighted by Gasteiger charge is 2.32. The summed E-state index contributed by atoms with van der Waals surface area (Å²) < 4.78 is 11.1. The fourth-order valence-corrected chi connectivity index (χ4v) is 3.04. The number of aliphatic hydroxyl groups is 1. The summed E-state index contributed by atoms with van der Waals surface area (Å²) in [7, 11) is 0. The minimum Gasteiger partial charge on any atom is -0.488 e. The Balaban J connectivity index is 1.51. The molecule has 1 N–H and O–H groups in total. The number of aliphatic hydroxyl groups excluding tert-OH is 1. The topological polar surface area (TPSA) is 59.0 Å². The van der Waals surface area contributed by atoms with Gasteiger partial charge in [0.1, 0.15) is 24.6 Å². The van der Waals surface area contributed by atoms with Crippen LogP contribution in [-0.2, 0) is 11.3 Å². The lowest BCUT2D eigenvalue weighted by Gasteiger charge is -2.35. The molecule has 7 heteroatoms. The highest BCUT2D eigenvalue weighted by atomic mass is 35.5. The van der Waals surface area contributed by atoms with Gasteiger partial charge in [0.05, 0.1) is 16.6 Å². The van der Waals surface area contributed by atoms with E-state index < -0.39 is 18.3 Å². The van der Waals surface area contributed by atoms with Gasteiger partial charge in [0.25, 0.3) is 0 Å². The molecule has 2 aromatic rings. The van der Waals surface area contributed by atoms with Gasteiger partial charge >= 0.3 is 6.09 Å². The molecule has 1 aliphatic heterocycles. The molecule has 3 rings (SSSR count). The molecule has 0 unspecified atom stereocenters. The van der Waals surface area contributed by atoms with Crippen molar-refractivity contribution in [3.05, 3.63) is 64.1 Å². The van der Waals surface area contributed by atoms with Crippen molar-refractivity contribution in [1.82, 2.24) is 4.90 Å². The average Bonchev–Trinajstić information content (AvgIpc) is 2.65. The minimum absolute atomic E-state index is 0.152. The molecule has 0 radical (unpaired) electrons. The average molecular weight is 396 g/mol. The largest absolute Gasteiger partial charge is 0.488 e. The molecule has 2 atom stereocenters. The second kappa shape index (κ2) is 8.62. The number of hydrogen-bond donors (Lipinski definition) is 1. The van der Waals surface area contributed by atoms with Gasteiger partial charge in [-0.1, -0.05) is 53.5 Å². The highest BCUT2D eigenvalue weighted by molar-refractivity contribution is 6.42. The van der Waals surface area contributed by atoms with Crippen LogP contribution in [0, 0.1) is 0 Å². The van der Waals surface area contributed by atoms with Gasteiger partial charge in [0.2, 0.25) is 0 Å². The first-order valence-electron chi connectivity index (χ1n) is 8.28. The first kappa shape index (κ1) is 18.8. The maximum Gasteiger partial charge on any atom is 0.410 e. The zero-order valence-corrected chi connectivity index (χ0v) is 15.5. The van der Waals surface area contributed by atoms with E-state index in [2.05, 4.69) is 0 Å². The third kappa shape index (κ3) is 4.81. The van der Waals surface area contributed by atoms with Gasteiger partial charge in [-0.3, -0.25) is 0 Å². The summed E-state index contributed by atoms with van der Waals surface area (Å²) >= 11 is 11.9. The van der Waals surface area contributed by atoms with Crippen molar-refractivity contribution in [3.8, 4) is 5.75 Å². The molecule has 1 fully saturated rings.